The molecule has 0 saturated heterocycles. The molecule has 10 heteroatoms. The minimum atomic E-state index is -0.658. The van der Waals surface area contributed by atoms with Crippen LogP contribution in [0.1, 0.15) is 102 Å². The Hall–Kier alpha value is -3.24. The number of hydrogen-bond donors (Lipinski definition) is 5. The summed E-state index contributed by atoms with van der Waals surface area (Å²) in [6.07, 6.45) is 9.92. The number of nitrogens with one attached hydrogen (secondary N) is 4. The van der Waals surface area contributed by atoms with Crippen LogP contribution >= 0.6 is 11.3 Å². The quantitative estimate of drug-likeness (QED) is 0.176. The zero-order chi connectivity index (χ0) is 31.8. The Morgan fingerprint density at radius 1 is 1.09 bits per heavy atom. The molecule has 3 saturated carbocycles. The lowest BCUT2D eigenvalue weighted by molar-refractivity contribution is -0.134. The van der Waals surface area contributed by atoms with Crippen LogP contribution in [0.2, 0.25) is 0 Å². The summed E-state index contributed by atoms with van der Waals surface area (Å²) in [6, 6.07) is 8.03. The Morgan fingerprint density at radius 3 is 2.62 bits per heavy atom. The summed E-state index contributed by atoms with van der Waals surface area (Å²) < 4.78 is 1.10. The van der Waals surface area contributed by atoms with Gasteiger partial charge in [-0.1, -0.05) is 13.8 Å². The summed E-state index contributed by atoms with van der Waals surface area (Å²) in [7, 11) is 0. The van der Waals surface area contributed by atoms with Gasteiger partial charge in [0.15, 0.2) is 0 Å². The number of aliphatic hydroxyl groups is 1. The number of carbonyl (C=O) groups is 2. The van der Waals surface area contributed by atoms with Crippen molar-refractivity contribution in [3.8, 4) is 0 Å². The van der Waals surface area contributed by atoms with Gasteiger partial charge < -0.3 is 26.4 Å². The summed E-state index contributed by atoms with van der Waals surface area (Å²) in [6.45, 7) is 8.47. The molecule has 4 atom stereocenters. The number of benzene rings is 1. The molecule has 2 bridgehead atoms. The molecule has 2 heterocycles. The molecule has 4 unspecified atom stereocenters. The molecular weight excluding hydrogens is 584 g/mol. The molecule has 0 aliphatic heterocycles. The number of rotatable bonds is 9. The summed E-state index contributed by atoms with van der Waals surface area (Å²) in [5, 5.41) is 24.8. The maximum Gasteiger partial charge on any atom is 0.255 e. The highest BCUT2D eigenvalue weighted by Gasteiger charge is 2.51. The molecule has 0 radical (unpaired) electrons. The fourth-order valence-corrected chi connectivity index (χ4v) is 9.07. The Morgan fingerprint density at radius 2 is 1.89 bits per heavy atom. The zero-order valence-electron chi connectivity index (χ0n) is 27.0. The van der Waals surface area contributed by atoms with Crippen molar-refractivity contribution in [3.05, 3.63) is 41.5 Å². The minimum absolute atomic E-state index is 0.00811. The van der Waals surface area contributed by atoms with E-state index in [0.29, 0.717) is 29.6 Å². The highest BCUT2D eigenvalue weighted by Crippen LogP contribution is 2.50. The number of fused-ring (bicyclic) bond motifs is 3. The van der Waals surface area contributed by atoms with Crippen molar-refractivity contribution in [1.82, 2.24) is 20.6 Å². The first-order valence-electron chi connectivity index (χ1n) is 16.7. The molecule has 9 nitrogen and oxygen atoms in total. The first-order chi connectivity index (χ1) is 21.5. The Kier molecular flexibility index (Phi) is 9.07. The molecule has 2 aromatic heterocycles. The normalized spacial score (nSPS) is 29.7. The van der Waals surface area contributed by atoms with Gasteiger partial charge in [0.25, 0.3) is 5.91 Å². The van der Waals surface area contributed by atoms with Crippen molar-refractivity contribution in [3.63, 3.8) is 0 Å². The summed E-state index contributed by atoms with van der Waals surface area (Å²) in [5.74, 6) is 1.56. The van der Waals surface area contributed by atoms with Crippen molar-refractivity contribution in [2.24, 2.45) is 17.8 Å². The number of thiazole rings is 1. The van der Waals surface area contributed by atoms with E-state index in [0.717, 1.165) is 79.4 Å². The molecule has 45 heavy (non-hydrogen) atoms. The van der Waals surface area contributed by atoms with Crippen LogP contribution in [0.3, 0.4) is 0 Å². The number of aromatic nitrogens is 2. The van der Waals surface area contributed by atoms with E-state index >= 15 is 0 Å². The van der Waals surface area contributed by atoms with Crippen LogP contribution in [0.4, 0.5) is 17.2 Å². The van der Waals surface area contributed by atoms with Gasteiger partial charge in [-0.05, 0) is 108 Å². The van der Waals surface area contributed by atoms with Crippen LogP contribution < -0.4 is 21.3 Å². The standard InChI is InChI=1S/C35H48N6O3S/c1-5-34(16-23-12-22(4)15-35(44,17-23)19-34)41-32(42)24-6-8-25(9-7-24)40-33(43)27-18-36-31(14-29(27)38-21(2)3)39-26-10-11-28-30(13-26)45-20-37-28/h10-11,13-14,18,20-25,44H,5-9,12,15-17,19H2,1-4H3,(H,40,43)(H,41,42)(H2,36,38,39). The lowest BCUT2D eigenvalue weighted by Crippen LogP contribution is -2.60. The summed E-state index contributed by atoms with van der Waals surface area (Å²) in [4.78, 5) is 35.9. The highest BCUT2D eigenvalue weighted by atomic mass is 32.1. The van der Waals surface area contributed by atoms with Gasteiger partial charge in [-0.25, -0.2) is 9.97 Å². The minimum Gasteiger partial charge on any atom is -0.390 e. The van der Waals surface area contributed by atoms with E-state index in [4.69, 9.17) is 0 Å². The molecule has 0 spiro atoms. The average Bonchev–Trinajstić information content (AvgIpc) is 3.44. The van der Waals surface area contributed by atoms with Gasteiger partial charge in [-0.2, -0.15) is 0 Å². The smallest absolute Gasteiger partial charge is 0.255 e. The predicted octanol–water partition coefficient (Wildman–Crippen LogP) is 6.77. The predicted molar refractivity (Wildman–Crippen MR) is 181 cm³/mol. The monoisotopic (exact) mass is 632 g/mol. The van der Waals surface area contributed by atoms with Crippen molar-refractivity contribution in [2.45, 2.75) is 115 Å². The largest absolute Gasteiger partial charge is 0.390 e. The zero-order valence-corrected chi connectivity index (χ0v) is 27.8. The van der Waals surface area contributed by atoms with Crippen molar-refractivity contribution < 1.29 is 14.7 Å². The van der Waals surface area contributed by atoms with E-state index in [9.17, 15) is 14.7 Å². The van der Waals surface area contributed by atoms with Crippen molar-refractivity contribution >= 4 is 50.6 Å². The van der Waals surface area contributed by atoms with Crippen LogP contribution in [0.15, 0.2) is 36.0 Å². The van der Waals surface area contributed by atoms with Crippen LogP contribution in [0.5, 0.6) is 0 Å². The maximum atomic E-state index is 13.5. The van der Waals surface area contributed by atoms with E-state index in [-0.39, 0.29) is 35.4 Å². The van der Waals surface area contributed by atoms with E-state index in [2.05, 4.69) is 45.1 Å². The molecule has 3 fully saturated rings. The summed E-state index contributed by atoms with van der Waals surface area (Å²) in [5.41, 5.74) is 3.97. The number of carbonyl (C=O) groups excluding carboxylic acids is 2. The van der Waals surface area contributed by atoms with E-state index in [1.54, 1.807) is 17.5 Å². The molecule has 2 amide bonds. The van der Waals surface area contributed by atoms with Crippen LogP contribution in [-0.2, 0) is 4.79 Å². The number of nitrogens with zero attached hydrogens (tertiary/aromatic N) is 2. The number of anilines is 3. The lowest BCUT2D eigenvalue weighted by atomic mass is 9.59. The lowest BCUT2D eigenvalue weighted by Gasteiger charge is -2.53. The molecular formula is C35H48N6O3S. The van der Waals surface area contributed by atoms with E-state index in [1.165, 1.54) is 0 Å². The Bertz CT molecular complexity index is 1530. The Balaban J connectivity index is 1.05. The molecule has 3 aliphatic rings. The highest BCUT2D eigenvalue weighted by molar-refractivity contribution is 7.16. The second-order valence-corrected chi connectivity index (χ2v) is 15.3. The molecule has 242 valence electrons. The molecule has 5 N–H and O–H groups in total. The number of pyridine rings is 1. The molecule has 1 aromatic carbocycles. The average molecular weight is 633 g/mol. The second-order valence-electron chi connectivity index (χ2n) is 14.4. The van der Waals surface area contributed by atoms with Crippen molar-refractivity contribution in [1.29, 1.82) is 0 Å². The van der Waals surface area contributed by atoms with Gasteiger partial charge >= 0.3 is 0 Å². The molecule has 6 rings (SSSR count). The van der Waals surface area contributed by atoms with Crippen molar-refractivity contribution in [2.75, 3.05) is 10.6 Å². The third-order valence-electron chi connectivity index (χ3n) is 10.2. The Labute approximate surface area is 270 Å². The molecule has 3 aromatic rings. The van der Waals surface area contributed by atoms with Gasteiger partial charge in [0.2, 0.25) is 5.91 Å². The van der Waals surface area contributed by atoms with Gasteiger partial charge in [-0.3, -0.25) is 9.59 Å². The number of amides is 2. The van der Waals surface area contributed by atoms with Gasteiger partial charge in [0, 0.05) is 41.5 Å². The van der Waals surface area contributed by atoms with E-state index < -0.39 is 5.60 Å². The topological polar surface area (TPSA) is 128 Å². The third kappa shape index (κ3) is 7.27. The van der Waals surface area contributed by atoms with Gasteiger partial charge in [0.1, 0.15) is 5.82 Å². The fourth-order valence-electron chi connectivity index (χ4n) is 8.35. The second kappa shape index (κ2) is 12.9. The van der Waals surface area contributed by atoms with Gasteiger partial charge in [-0.15, -0.1) is 11.3 Å². The fraction of sp³-hybridized carbons (Fsp3) is 0.600. The van der Waals surface area contributed by atoms with E-state index in [1.807, 2.05) is 43.6 Å². The maximum absolute atomic E-state index is 13.5. The number of hydrogen-bond acceptors (Lipinski definition) is 8. The SMILES string of the molecule is CCC1(NC(=O)C2CCC(NC(=O)c3cnc(Nc4ccc5ncsc5c4)cc3NC(C)C)CC2)CC2CC(C)CC(O)(C2)C1. The molecule has 3 aliphatic carbocycles. The summed E-state index contributed by atoms with van der Waals surface area (Å²) >= 11 is 1.59. The first kappa shape index (κ1) is 31.7. The van der Waals surface area contributed by atoms with Crippen LogP contribution in [0, 0.1) is 17.8 Å². The van der Waals surface area contributed by atoms with Crippen LogP contribution in [-0.4, -0.2) is 50.1 Å². The van der Waals surface area contributed by atoms with Gasteiger partial charge in [0.05, 0.1) is 32.6 Å². The van der Waals surface area contributed by atoms with Crippen LogP contribution in [0.25, 0.3) is 10.2 Å². The third-order valence-corrected chi connectivity index (χ3v) is 11.0. The first-order valence-corrected chi connectivity index (χ1v) is 17.6.